The molecule has 0 saturated carbocycles. The summed E-state index contributed by atoms with van der Waals surface area (Å²) in [5.74, 6) is -1.31. The molecule has 9 heteroatoms. The first-order chi connectivity index (χ1) is 11.4. The van der Waals surface area contributed by atoms with Crippen molar-refractivity contribution >= 4 is 33.2 Å². The number of carbonyl (C=O) groups is 2. The van der Waals surface area contributed by atoms with Gasteiger partial charge in [-0.2, -0.15) is 0 Å². The number of aromatic nitrogens is 1. The second-order valence-corrected chi connectivity index (χ2v) is 6.80. The largest absolute Gasteiger partial charge is 0.278 e. The average molecular weight is 349 g/mol. The number of imide groups is 1. The molecule has 1 fully saturated rings. The van der Waals surface area contributed by atoms with Crippen LogP contribution in [0.5, 0.6) is 0 Å². The Morgan fingerprint density at radius 2 is 1.67 bits per heavy atom. The van der Waals surface area contributed by atoms with E-state index in [1.807, 2.05) is 0 Å². The van der Waals surface area contributed by atoms with E-state index in [0.29, 0.717) is 5.69 Å². The van der Waals surface area contributed by atoms with E-state index in [1.54, 1.807) is 0 Å². The highest BCUT2D eigenvalue weighted by atomic mass is 32.2. The van der Waals surface area contributed by atoms with E-state index in [1.165, 1.54) is 30.5 Å². The fourth-order valence-corrected chi connectivity index (χ4v) is 3.35. The lowest BCUT2D eigenvalue weighted by molar-refractivity contribution is -0.121. The second-order valence-electron chi connectivity index (χ2n) is 5.11. The van der Waals surface area contributed by atoms with Crippen LogP contribution in [0, 0.1) is 5.82 Å². The number of amides is 2. The van der Waals surface area contributed by atoms with E-state index in [0.717, 1.165) is 17.2 Å². The Bertz CT molecular complexity index is 897. The maximum Gasteiger partial charge on any atom is 0.261 e. The second kappa shape index (κ2) is 6.00. The number of carbonyl (C=O) groups excluding carboxylic acids is 2. The summed E-state index contributed by atoms with van der Waals surface area (Å²) in [6, 6.07) is 6.28. The van der Waals surface area contributed by atoms with Crippen molar-refractivity contribution in [2.24, 2.45) is 0 Å². The van der Waals surface area contributed by atoms with Gasteiger partial charge in [0, 0.05) is 18.9 Å². The van der Waals surface area contributed by atoms with Crippen LogP contribution in [0.1, 0.15) is 12.8 Å². The number of hydrogen-bond acceptors (Lipinski definition) is 5. The van der Waals surface area contributed by atoms with Gasteiger partial charge in [-0.15, -0.1) is 0 Å². The van der Waals surface area contributed by atoms with Gasteiger partial charge in [-0.3, -0.25) is 24.2 Å². The summed E-state index contributed by atoms with van der Waals surface area (Å²) < 4.78 is 39.8. The Hall–Kier alpha value is -2.81. The number of nitrogens with zero attached hydrogens (tertiary/aromatic N) is 2. The molecule has 1 aromatic heterocycles. The van der Waals surface area contributed by atoms with E-state index in [9.17, 15) is 22.4 Å². The van der Waals surface area contributed by atoms with Crippen LogP contribution < -0.4 is 9.62 Å². The van der Waals surface area contributed by atoms with E-state index < -0.39 is 15.8 Å². The molecular formula is C15H12FN3O4S. The summed E-state index contributed by atoms with van der Waals surface area (Å²) in [7, 11) is -3.94. The van der Waals surface area contributed by atoms with E-state index >= 15 is 0 Å². The molecule has 7 nitrogen and oxygen atoms in total. The molecule has 124 valence electrons. The Balaban J connectivity index is 1.84. The summed E-state index contributed by atoms with van der Waals surface area (Å²) in [5.41, 5.74) is 0.304. The fraction of sp³-hybridized carbons (Fsp3) is 0.133. The van der Waals surface area contributed by atoms with Crippen molar-refractivity contribution in [3.63, 3.8) is 0 Å². The molecule has 3 rings (SSSR count). The molecule has 1 aromatic carbocycles. The molecule has 0 radical (unpaired) electrons. The van der Waals surface area contributed by atoms with Gasteiger partial charge in [0.2, 0.25) is 11.8 Å². The third-order valence-corrected chi connectivity index (χ3v) is 4.81. The quantitative estimate of drug-likeness (QED) is 0.847. The van der Waals surface area contributed by atoms with Crippen LogP contribution in [-0.4, -0.2) is 25.2 Å². The van der Waals surface area contributed by atoms with Gasteiger partial charge in [-0.1, -0.05) is 0 Å². The zero-order valence-electron chi connectivity index (χ0n) is 12.3. The van der Waals surface area contributed by atoms with Crippen LogP contribution in [0.15, 0.2) is 47.6 Å². The summed E-state index contributed by atoms with van der Waals surface area (Å²) in [4.78, 5) is 27.8. The van der Waals surface area contributed by atoms with Crippen LogP contribution >= 0.6 is 0 Å². The number of rotatable bonds is 4. The molecule has 2 aromatic rings. The van der Waals surface area contributed by atoms with Crippen molar-refractivity contribution in [2.45, 2.75) is 17.7 Å². The molecule has 0 aliphatic carbocycles. The highest BCUT2D eigenvalue weighted by Gasteiger charge is 2.30. The van der Waals surface area contributed by atoms with E-state index in [-0.39, 0.29) is 35.2 Å². The zero-order valence-corrected chi connectivity index (χ0v) is 13.1. The minimum absolute atomic E-state index is 0.0102. The van der Waals surface area contributed by atoms with Crippen LogP contribution in [0.3, 0.4) is 0 Å². The molecule has 2 heterocycles. The van der Waals surface area contributed by atoms with Crippen molar-refractivity contribution < 1.29 is 22.4 Å². The Morgan fingerprint density at radius 1 is 1.04 bits per heavy atom. The van der Waals surface area contributed by atoms with Gasteiger partial charge in [0.1, 0.15) is 5.82 Å². The van der Waals surface area contributed by atoms with Crippen molar-refractivity contribution in [1.29, 1.82) is 0 Å². The lowest BCUT2D eigenvalue weighted by Gasteiger charge is -2.14. The Morgan fingerprint density at radius 3 is 2.25 bits per heavy atom. The third kappa shape index (κ3) is 3.11. The summed E-state index contributed by atoms with van der Waals surface area (Å²) in [6.45, 7) is 0. The van der Waals surface area contributed by atoms with Crippen LogP contribution in [-0.2, 0) is 19.6 Å². The SMILES string of the molecule is O=C1CCC(=O)N1c1ccc(S(=O)(=O)Nc2cncc(F)c2)cc1. The first-order valence-electron chi connectivity index (χ1n) is 6.96. The van der Waals surface area contributed by atoms with Gasteiger partial charge in [-0.25, -0.2) is 12.8 Å². The molecule has 0 bridgehead atoms. The van der Waals surface area contributed by atoms with Crippen molar-refractivity contribution in [3.8, 4) is 0 Å². The lowest BCUT2D eigenvalue weighted by atomic mass is 10.3. The predicted molar refractivity (Wildman–Crippen MR) is 83.2 cm³/mol. The molecule has 2 amide bonds. The van der Waals surface area contributed by atoms with Crippen molar-refractivity contribution in [2.75, 3.05) is 9.62 Å². The molecular weight excluding hydrogens is 337 g/mol. The minimum atomic E-state index is -3.94. The molecule has 0 unspecified atom stereocenters. The highest BCUT2D eigenvalue weighted by Crippen LogP contribution is 2.24. The van der Waals surface area contributed by atoms with Gasteiger partial charge < -0.3 is 0 Å². The normalized spacial score (nSPS) is 15.0. The van der Waals surface area contributed by atoms with E-state index in [2.05, 4.69) is 9.71 Å². The van der Waals surface area contributed by atoms with Crippen LogP contribution in [0.4, 0.5) is 15.8 Å². The maximum absolute atomic E-state index is 13.1. The van der Waals surface area contributed by atoms with Crippen LogP contribution in [0.2, 0.25) is 0 Å². The summed E-state index contributed by atoms with van der Waals surface area (Å²) >= 11 is 0. The van der Waals surface area contributed by atoms with Crippen molar-refractivity contribution in [3.05, 3.63) is 48.5 Å². The fourth-order valence-electron chi connectivity index (χ4n) is 2.32. The molecule has 1 saturated heterocycles. The Labute approximate surface area is 137 Å². The Kier molecular flexibility index (Phi) is 4.02. The molecule has 1 aliphatic rings. The number of sulfonamides is 1. The highest BCUT2D eigenvalue weighted by molar-refractivity contribution is 7.92. The molecule has 0 atom stereocenters. The first kappa shape index (κ1) is 16.1. The van der Waals surface area contributed by atoms with Gasteiger partial charge in [0.05, 0.1) is 28.7 Å². The summed E-state index contributed by atoms with van der Waals surface area (Å²) in [6.07, 6.45) is 2.42. The van der Waals surface area contributed by atoms with Crippen LogP contribution in [0.25, 0.3) is 0 Å². The molecule has 1 N–H and O–H groups in total. The monoisotopic (exact) mass is 349 g/mol. The zero-order chi connectivity index (χ0) is 17.3. The van der Waals surface area contributed by atoms with Gasteiger partial charge in [0.25, 0.3) is 10.0 Å². The average Bonchev–Trinajstić information content (AvgIpc) is 2.86. The van der Waals surface area contributed by atoms with Crippen molar-refractivity contribution in [1.82, 2.24) is 4.98 Å². The molecule has 0 spiro atoms. The number of nitrogens with one attached hydrogen (secondary N) is 1. The first-order valence-corrected chi connectivity index (χ1v) is 8.44. The van der Waals surface area contributed by atoms with E-state index in [4.69, 9.17) is 0 Å². The molecule has 24 heavy (non-hydrogen) atoms. The number of anilines is 2. The number of benzene rings is 1. The minimum Gasteiger partial charge on any atom is -0.278 e. The smallest absolute Gasteiger partial charge is 0.261 e. The maximum atomic E-state index is 13.1. The molecule has 1 aliphatic heterocycles. The number of pyridine rings is 1. The summed E-state index contributed by atoms with van der Waals surface area (Å²) in [5, 5.41) is 0. The van der Waals surface area contributed by atoms with Gasteiger partial charge in [-0.05, 0) is 24.3 Å². The predicted octanol–water partition coefficient (Wildman–Crippen LogP) is 1.67. The van der Waals surface area contributed by atoms with Gasteiger partial charge in [0.15, 0.2) is 0 Å². The topological polar surface area (TPSA) is 96.4 Å². The number of hydrogen-bond donors (Lipinski definition) is 1. The lowest BCUT2D eigenvalue weighted by Crippen LogP contribution is -2.28. The number of halogens is 1. The standard InChI is InChI=1S/C15H12FN3O4S/c16-10-7-11(9-17-8-10)18-24(22,23)13-3-1-12(2-4-13)19-14(20)5-6-15(19)21/h1-4,7-9,18H,5-6H2. The van der Waals surface area contributed by atoms with Gasteiger partial charge >= 0.3 is 0 Å². The third-order valence-electron chi connectivity index (χ3n) is 3.41.